The molecule has 1 N–H and O–H groups in total. The number of carbonyl (C=O) groups is 1. The monoisotopic (exact) mass is 508 g/mol. The van der Waals surface area contributed by atoms with Crippen molar-refractivity contribution in [2.24, 2.45) is 0 Å². The summed E-state index contributed by atoms with van der Waals surface area (Å²) in [6, 6.07) is 5.78. The summed E-state index contributed by atoms with van der Waals surface area (Å²) >= 11 is 6.07. The molecule has 0 bridgehead atoms. The standard InChI is InChI=1S/C22H22ClFN4O5S/c1-11-5-7-16(24)19(12(11)2)13(3)20(21-25-26-22(30)33-21)28-10-27(14(4)29)17-9-15(23)6-8-18(17)34(28,31)32/h5-9,13,20H,10H2,1-4H3,(H,26,30)/t13-,20+/m1/s1. The SMILES string of the molecule is CC(=O)N1CN([C@H](c2n[nH]c(=O)o2)[C@H](C)c2c(F)ccc(C)c2C)S(=O)(=O)c2ccc(Cl)cc21. The van der Waals surface area contributed by atoms with Crippen molar-refractivity contribution in [1.82, 2.24) is 14.5 Å². The lowest BCUT2D eigenvalue weighted by Gasteiger charge is -2.40. The molecule has 1 aliphatic rings. The first-order valence-electron chi connectivity index (χ1n) is 10.3. The minimum atomic E-state index is -4.25. The van der Waals surface area contributed by atoms with Crippen molar-refractivity contribution in [1.29, 1.82) is 0 Å². The molecule has 0 saturated heterocycles. The molecule has 0 fully saturated rings. The van der Waals surface area contributed by atoms with Gasteiger partial charge in [0.2, 0.25) is 21.8 Å². The predicted octanol–water partition coefficient (Wildman–Crippen LogP) is 3.63. The molecule has 2 atom stereocenters. The van der Waals surface area contributed by atoms with E-state index in [9.17, 15) is 18.0 Å². The van der Waals surface area contributed by atoms with Crippen LogP contribution in [0.5, 0.6) is 0 Å². The van der Waals surface area contributed by atoms with Gasteiger partial charge in [-0.1, -0.05) is 24.6 Å². The first kappa shape index (κ1) is 24.1. The van der Waals surface area contributed by atoms with Crippen LogP contribution >= 0.6 is 11.6 Å². The van der Waals surface area contributed by atoms with E-state index in [0.717, 1.165) is 9.87 Å². The third-order valence-corrected chi connectivity index (χ3v) is 8.23. The number of aromatic amines is 1. The maximum Gasteiger partial charge on any atom is 0.434 e. The fourth-order valence-corrected chi connectivity index (χ4v) is 6.25. The van der Waals surface area contributed by atoms with Gasteiger partial charge in [-0.05, 0) is 54.8 Å². The Labute approximate surface area is 200 Å². The number of nitrogens with zero attached hydrogens (tertiary/aromatic N) is 3. The van der Waals surface area contributed by atoms with Crippen molar-refractivity contribution >= 4 is 33.2 Å². The number of carbonyl (C=O) groups excluding carboxylic acids is 1. The van der Waals surface area contributed by atoms with Crippen molar-refractivity contribution < 1.29 is 22.0 Å². The Morgan fingerprint density at radius 1 is 1.26 bits per heavy atom. The number of halogens is 2. The van der Waals surface area contributed by atoms with E-state index in [0.29, 0.717) is 5.56 Å². The van der Waals surface area contributed by atoms with Crippen LogP contribution in [0.3, 0.4) is 0 Å². The van der Waals surface area contributed by atoms with Crippen molar-refractivity contribution in [3.63, 3.8) is 0 Å². The Kier molecular flexibility index (Phi) is 6.13. The van der Waals surface area contributed by atoms with Gasteiger partial charge < -0.3 is 4.42 Å². The molecule has 12 heteroatoms. The van der Waals surface area contributed by atoms with Gasteiger partial charge in [0.1, 0.15) is 16.8 Å². The molecule has 180 valence electrons. The average Bonchev–Trinajstić information content (AvgIpc) is 3.18. The van der Waals surface area contributed by atoms with Crippen LogP contribution < -0.4 is 10.7 Å². The summed E-state index contributed by atoms with van der Waals surface area (Å²) in [5.41, 5.74) is 1.81. The number of benzene rings is 2. The summed E-state index contributed by atoms with van der Waals surface area (Å²) < 4.78 is 48.8. The summed E-state index contributed by atoms with van der Waals surface area (Å²) in [6.45, 7) is 6.03. The largest absolute Gasteiger partial charge is 0.434 e. The number of amides is 1. The van der Waals surface area contributed by atoms with Crippen molar-refractivity contribution in [2.75, 3.05) is 11.6 Å². The highest BCUT2D eigenvalue weighted by molar-refractivity contribution is 7.89. The van der Waals surface area contributed by atoms with Gasteiger partial charge in [0.05, 0.1) is 12.4 Å². The smallest absolute Gasteiger partial charge is 0.391 e. The topological polar surface area (TPSA) is 117 Å². The molecule has 3 aromatic rings. The van der Waals surface area contributed by atoms with Gasteiger partial charge in [0, 0.05) is 17.9 Å². The molecule has 34 heavy (non-hydrogen) atoms. The molecule has 2 heterocycles. The normalized spacial score (nSPS) is 17.3. The number of hydrogen-bond acceptors (Lipinski definition) is 6. The summed E-state index contributed by atoms with van der Waals surface area (Å²) in [7, 11) is -4.25. The Hall–Kier alpha value is -3.02. The van der Waals surface area contributed by atoms with Gasteiger partial charge in [-0.3, -0.25) is 9.69 Å². The van der Waals surface area contributed by atoms with Gasteiger partial charge in [0.25, 0.3) is 0 Å². The highest BCUT2D eigenvalue weighted by atomic mass is 35.5. The van der Waals surface area contributed by atoms with Gasteiger partial charge in [-0.25, -0.2) is 22.7 Å². The van der Waals surface area contributed by atoms with Gasteiger partial charge in [0.15, 0.2) is 0 Å². The molecule has 0 aliphatic carbocycles. The lowest BCUT2D eigenvalue weighted by molar-refractivity contribution is -0.117. The Bertz CT molecular complexity index is 1450. The van der Waals surface area contributed by atoms with E-state index >= 15 is 4.39 Å². The van der Waals surface area contributed by atoms with Crippen molar-refractivity contribution in [3.05, 3.63) is 74.3 Å². The number of fused-ring (bicyclic) bond motifs is 1. The Morgan fingerprint density at radius 3 is 2.59 bits per heavy atom. The fraction of sp³-hybridized carbons (Fsp3) is 0.318. The maximum atomic E-state index is 15.0. The predicted molar refractivity (Wildman–Crippen MR) is 123 cm³/mol. The Morgan fingerprint density at radius 2 is 1.97 bits per heavy atom. The molecule has 0 radical (unpaired) electrons. The second-order valence-corrected chi connectivity index (χ2v) is 10.5. The minimum Gasteiger partial charge on any atom is -0.391 e. The molecule has 2 aromatic carbocycles. The summed E-state index contributed by atoms with van der Waals surface area (Å²) in [5.74, 6) is -2.95. The lowest BCUT2D eigenvalue weighted by Crippen LogP contribution is -2.50. The quantitative estimate of drug-likeness (QED) is 0.575. The number of aryl methyl sites for hydroxylation is 1. The highest BCUT2D eigenvalue weighted by Crippen LogP contribution is 2.44. The zero-order valence-electron chi connectivity index (χ0n) is 18.8. The molecular formula is C22H22ClFN4O5S. The second kappa shape index (κ2) is 8.64. The van der Waals surface area contributed by atoms with Gasteiger partial charge >= 0.3 is 5.76 Å². The third kappa shape index (κ3) is 3.93. The molecular weight excluding hydrogens is 487 g/mol. The minimum absolute atomic E-state index is 0.129. The van der Waals surface area contributed by atoms with Crippen LogP contribution in [0.15, 0.2) is 44.4 Å². The number of aromatic nitrogens is 2. The van der Waals surface area contributed by atoms with Gasteiger partial charge in [-0.2, -0.15) is 4.31 Å². The zero-order chi connectivity index (χ0) is 24.9. The van der Waals surface area contributed by atoms with Crippen molar-refractivity contribution in [3.8, 4) is 0 Å². The van der Waals surface area contributed by atoms with E-state index in [4.69, 9.17) is 16.0 Å². The van der Waals surface area contributed by atoms with E-state index in [-0.39, 0.29) is 27.1 Å². The highest BCUT2D eigenvalue weighted by Gasteiger charge is 2.46. The maximum absolute atomic E-state index is 15.0. The number of rotatable bonds is 4. The zero-order valence-corrected chi connectivity index (χ0v) is 20.4. The van der Waals surface area contributed by atoms with Crippen LogP contribution in [0.4, 0.5) is 10.1 Å². The number of nitrogens with one attached hydrogen (secondary N) is 1. The van der Waals surface area contributed by atoms with Crippen LogP contribution in [-0.2, 0) is 14.8 Å². The van der Waals surface area contributed by atoms with Crippen LogP contribution in [0.1, 0.15) is 48.4 Å². The first-order valence-corrected chi connectivity index (χ1v) is 12.2. The summed E-state index contributed by atoms with van der Waals surface area (Å²) in [5, 5.41) is 6.26. The first-order chi connectivity index (χ1) is 15.9. The van der Waals surface area contributed by atoms with E-state index in [1.54, 1.807) is 19.9 Å². The average molecular weight is 509 g/mol. The number of hydrogen-bond donors (Lipinski definition) is 1. The lowest BCUT2D eigenvalue weighted by atomic mass is 9.87. The van der Waals surface area contributed by atoms with E-state index in [2.05, 4.69) is 10.2 Å². The van der Waals surface area contributed by atoms with Crippen molar-refractivity contribution in [2.45, 2.75) is 44.6 Å². The summed E-state index contributed by atoms with van der Waals surface area (Å²) in [6.07, 6.45) is 0. The molecule has 1 aromatic heterocycles. The molecule has 4 rings (SSSR count). The van der Waals surface area contributed by atoms with Crippen LogP contribution in [0.2, 0.25) is 5.02 Å². The van der Waals surface area contributed by atoms with E-state index < -0.39 is 46.1 Å². The van der Waals surface area contributed by atoms with Crippen LogP contribution in [-0.4, -0.2) is 35.5 Å². The molecule has 0 saturated carbocycles. The molecule has 9 nitrogen and oxygen atoms in total. The molecule has 0 spiro atoms. The number of sulfonamides is 1. The second-order valence-electron chi connectivity index (χ2n) is 8.18. The molecule has 0 unspecified atom stereocenters. The molecule has 1 aliphatic heterocycles. The third-order valence-electron chi connectivity index (χ3n) is 6.14. The number of H-pyrrole nitrogens is 1. The van der Waals surface area contributed by atoms with Crippen LogP contribution in [0.25, 0.3) is 0 Å². The number of anilines is 1. The molecule has 1 amide bonds. The summed E-state index contributed by atoms with van der Waals surface area (Å²) in [4.78, 5) is 25.4. The van der Waals surface area contributed by atoms with E-state index in [1.165, 1.54) is 36.1 Å². The van der Waals surface area contributed by atoms with Crippen LogP contribution in [0, 0.1) is 19.7 Å². The fourth-order valence-electron chi connectivity index (χ4n) is 4.32. The Balaban J connectivity index is 1.96. The van der Waals surface area contributed by atoms with E-state index in [1.807, 2.05) is 6.92 Å². The van der Waals surface area contributed by atoms with Gasteiger partial charge in [-0.15, -0.1) is 5.10 Å².